The lowest BCUT2D eigenvalue weighted by atomic mass is 10.1. The second-order valence-corrected chi connectivity index (χ2v) is 9.54. The third-order valence-electron chi connectivity index (χ3n) is 6.97. The maximum atomic E-state index is 6.40. The van der Waals surface area contributed by atoms with Crippen molar-refractivity contribution < 1.29 is 4.74 Å². The highest BCUT2D eigenvalue weighted by atomic mass is 16.5. The zero-order valence-electron chi connectivity index (χ0n) is 19.8. The van der Waals surface area contributed by atoms with Gasteiger partial charge in [-0.3, -0.25) is 0 Å². The van der Waals surface area contributed by atoms with Gasteiger partial charge in [-0.15, -0.1) is 0 Å². The van der Waals surface area contributed by atoms with Gasteiger partial charge in [-0.05, 0) is 73.8 Å². The number of benzene rings is 3. The zero-order valence-corrected chi connectivity index (χ0v) is 19.8. The van der Waals surface area contributed by atoms with Crippen LogP contribution in [0.1, 0.15) is 11.1 Å². The number of likely N-dealkylation sites (tertiary alicyclic amines) is 1. The molecular weight excluding hydrogens is 434 g/mol. The Balaban J connectivity index is 1.22. The number of piperidine rings is 1. The monoisotopic (exact) mass is 461 g/mol. The van der Waals surface area contributed by atoms with E-state index in [-0.39, 0.29) is 0 Å². The largest absolute Gasteiger partial charge is 0.457 e. The Kier molecular flexibility index (Phi) is 5.28. The predicted octanol–water partition coefficient (Wildman–Crippen LogP) is 5.22. The fraction of sp³-hybridized carbons (Fsp3) is 0.241. The van der Waals surface area contributed by atoms with Gasteiger partial charge in [0.05, 0.1) is 5.52 Å². The lowest BCUT2D eigenvalue weighted by molar-refractivity contribution is 0.360. The van der Waals surface area contributed by atoms with Gasteiger partial charge < -0.3 is 20.7 Å². The smallest absolute Gasteiger partial charge is 0.141 e. The molecule has 35 heavy (non-hydrogen) atoms. The molecule has 3 N–H and O–H groups in total. The maximum absolute atomic E-state index is 6.40. The number of hydrogen-bond acceptors (Lipinski definition) is 6. The van der Waals surface area contributed by atoms with Crippen molar-refractivity contribution in [1.29, 1.82) is 0 Å². The van der Waals surface area contributed by atoms with Crippen molar-refractivity contribution in [2.75, 3.05) is 31.2 Å². The van der Waals surface area contributed by atoms with E-state index in [1.807, 2.05) is 67.6 Å². The van der Waals surface area contributed by atoms with E-state index in [4.69, 9.17) is 10.5 Å². The first kappa shape index (κ1) is 21.5. The quantitative estimate of drug-likeness (QED) is 0.321. The first-order chi connectivity index (χ1) is 17.0. The first-order valence-corrected chi connectivity index (χ1v) is 11.9. The Hall–Kier alpha value is -4.08. The van der Waals surface area contributed by atoms with Crippen molar-refractivity contribution in [3.63, 3.8) is 0 Å². The van der Waals surface area contributed by atoms with Crippen LogP contribution in [0.3, 0.4) is 0 Å². The third kappa shape index (κ3) is 4.27. The summed E-state index contributed by atoms with van der Waals surface area (Å²) >= 11 is 0. The van der Waals surface area contributed by atoms with Crippen LogP contribution in [0.25, 0.3) is 10.9 Å². The number of aromatic nitrogens is 2. The minimum absolute atomic E-state index is 0.501. The number of ether oxygens (including phenoxy) is 1. The Bertz CT molecular complexity index is 1460. The van der Waals surface area contributed by atoms with Crippen LogP contribution in [0.5, 0.6) is 11.5 Å². The van der Waals surface area contributed by atoms with Gasteiger partial charge in [0, 0.05) is 41.3 Å². The Morgan fingerprint density at radius 1 is 1.03 bits per heavy atom. The van der Waals surface area contributed by atoms with Gasteiger partial charge in [-0.1, -0.05) is 30.0 Å². The van der Waals surface area contributed by atoms with Crippen LogP contribution in [0.15, 0.2) is 67.0 Å². The van der Waals surface area contributed by atoms with E-state index in [9.17, 15) is 0 Å². The number of rotatable bonds is 4. The Morgan fingerprint density at radius 2 is 1.83 bits per heavy atom. The van der Waals surface area contributed by atoms with E-state index in [1.54, 1.807) is 6.33 Å². The lowest BCUT2D eigenvalue weighted by Gasteiger charge is -2.13. The summed E-state index contributed by atoms with van der Waals surface area (Å²) in [5, 5.41) is 4.28. The van der Waals surface area contributed by atoms with Crippen LogP contribution in [0, 0.1) is 36.5 Å². The number of aryl methyl sites for hydroxylation is 1. The minimum atomic E-state index is 0.501. The van der Waals surface area contributed by atoms with Crippen molar-refractivity contribution in [2.45, 2.75) is 6.92 Å². The number of hydrogen-bond donors (Lipinski definition) is 2. The van der Waals surface area contributed by atoms with Crippen molar-refractivity contribution >= 4 is 28.1 Å². The van der Waals surface area contributed by atoms with Crippen LogP contribution in [-0.4, -0.2) is 35.0 Å². The summed E-state index contributed by atoms with van der Waals surface area (Å²) in [7, 11) is 2.18. The maximum Gasteiger partial charge on any atom is 0.141 e. The molecule has 6 rings (SSSR count). The molecular formula is C29H27N5O. The van der Waals surface area contributed by atoms with Gasteiger partial charge in [0.2, 0.25) is 0 Å². The van der Waals surface area contributed by atoms with Gasteiger partial charge in [-0.2, -0.15) is 0 Å². The van der Waals surface area contributed by atoms with E-state index in [0.29, 0.717) is 17.4 Å². The summed E-state index contributed by atoms with van der Waals surface area (Å²) in [6, 6.07) is 19.6. The third-order valence-corrected chi connectivity index (χ3v) is 6.97. The van der Waals surface area contributed by atoms with Gasteiger partial charge >= 0.3 is 0 Å². The number of fused-ring (bicyclic) bond motifs is 2. The summed E-state index contributed by atoms with van der Waals surface area (Å²) in [5.41, 5.74) is 10.6. The second kappa shape index (κ2) is 8.61. The zero-order chi connectivity index (χ0) is 23.9. The summed E-state index contributed by atoms with van der Waals surface area (Å²) < 4.78 is 6.00. The highest BCUT2D eigenvalue weighted by Crippen LogP contribution is 2.50. The van der Waals surface area contributed by atoms with Crippen LogP contribution in [0.2, 0.25) is 0 Å². The fourth-order valence-corrected chi connectivity index (χ4v) is 5.03. The molecule has 0 unspecified atom stereocenters. The average Bonchev–Trinajstić information content (AvgIpc) is 3.32. The molecule has 6 heteroatoms. The van der Waals surface area contributed by atoms with Crippen LogP contribution < -0.4 is 15.8 Å². The van der Waals surface area contributed by atoms with Crippen molar-refractivity contribution in [2.24, 2.45) is 17.8 Å². The first-order valence-electron chi connectivity index (χ1n) is 11.9. The van der Waals surface area contributed by atoms with Crippen molar-refractivity contribution in [1.82, 2.24) is 14.9 Å². The molecule has 2 heterocycles. The van der Waals surface area contributed by atoms with Crippen LogP contribution in [-0.2, 0) is 0 Å². The van der Waals surface area contributed by atoms with Crippen molar-refractivity contribution in [3.8, 4) is 23.3 Å². The molecule has 6 nitrogen and oxygen atoms in total. The SMILES string of the molecule is Cc1cc(Nc2ncnc3cc(C#C[C@@H]4[C@H]5CN(C)C[C@@H]45)c(N)cc23)ccc1Oc1ccccc1. The molecule has 174 valence electrons. The molecule has 3 aromatic carbocycles. The molecule has 0 radical (unpaired) electrons. The van der Waals surface area contributed by atoms with Gasteiger partial charge in [0.1, 0.15) is 23.6 Å². The van der Waals surface area contributed by atoms with Crippen LogP contribution >= 0.6 is 0 Å². The fourth-order valence-electron chi connectivity index (χ4n) is 5.03. The van der Waals surface area contributed by atoms with Crippen molar-refractivity contribution in [3.05, 3.63) is 78.1 Å². The highest BCUT2D eigenvalue weighted by Gasteiger charge is 2.53. The highest BCUT2D eigenvalue weighted by molar-refractivity contribution is 5.94. The molecule has 4 aromatic rings. The van der Waals surface area contributed by atoms with Gasteiger partial charge in [0.25, 0.3) is 0 Å². The molecule has 1 saturated carbocycles. The number of para-hydroxylation sites is 1. The topological polar surface area (TPSA) is 76.3 Å². The number of nitrogen functional groups attached to an aromatic ring is 1. The molecule has 1 saturated heterocycles. The molecule has 0 amide bonds. The van der Waals surface area contributed by atoms with E-state index in [0.717, 1.165) is 64.1 Å². The normalized spacial score (nSPS) is 20.7. The van der Waals surface area contributed by atoms with Gasteiger partial charge in [0.15, 0.2) is 0 Å². The molecule has 3 atom stereocenters. The standard InChI is InChI=1S/C29H27N5O/c1-18-12-20(9-11-28(18)35-21-6-4-3-5-7-21)33-29-23-14-26(30)19(13-27(23)31-17-32-29)8-10-22-24-15-34(2)16-25(22)24/h3-7,9,11-14,17,22,24-25H,15-16,30H2,1-2H3,(H,31,32,33)/t22-,24-,25+. The summed E-state index contributed by atoms with van der Waals surface area (Å²) in [4.78, 5) is 11.3. The summed E-state index contributed by atoms with van der Waals surface area (Å²) in [6.45, 7) is 4.33. The van der Waals surface area contributed by atoms with E-state index >= 15 is 0 Å². The molecule has 2 fully saturated rings. The molecule has 1 aliphatic carbocycles. The molecule has 0 spiro atoms. The van der Waals surface area contributed by atoms with Gasteiger partial charge in [-0.25, -0.2) is 9.97 Å². The molecule has 0 bridgehead atoms. The van der Waals surface area contributed by atoms with E-state index < -0.39 is 0 Å². The minimum Gasteiger partial charge on any atom is -0.457 e. The Labute approximate surface area is 205 Å². The summed E-state index contributed by atoms with van der Waals surface area (Å²) in [5.74, 6) is 11.1. The number of nitrogens with two attached hydrogens (primary N) is 1. The second-order valence-electron chi connectivity index (χ2n) is 9.54. The number of anilines is 3. The molecule has 2 aliphatic rings. The number of nitrogens with one attached hydrogen (secondary N) is 1. The Morgan fingerprint density at radius 3 is 2.60 bits per heavy atom. The summed E-state index contributed by atoms with van der Waals surface area (Å²) in [6.07, 6.45) is 1.57. The molecule has 1 aromatic heterocycles. The number of nitrogens with zero attached hydrogens (tertiary/aromatic N) is 3. The van der Waals surface area contributed by atoms with Crippen LogP contribution in [0.4, 0.5) is 17.2 Å². The molecule has 1 aliphatic heterocycles. The van der Waals surface area contributed by atoms with E-state index in [1.165, 1.54) is 0 Å². The average molecular weight is 462 g/mol. The lowest BCUT2D eigenvalue weighted by Crippen LogP contribution is -2.18. The predicted molar refractivity (Wildman–Crippen MR) is 140 cm³/mol. The van der Waals surface area contributed by atoms with E-state index in [2.05, 4.69) is 39.1 Å².